The molecule has 0 aliphatic carbocycles. The zero-order chi connectivity index (χ0) is 11.8. The fraction of sp³-hybridized carbons (Fsp3) is 0.909. The summed E-state index contributed by atoms with van der Waals surface area (Å²) >= 11 is 0. The maximum atomic E-state index is 12.0. The summed E-state index contributed by atoms with van der Waals surface area (Å²) in [4.78, 5) is 16.0. The standard InChI is InChI=1S/C11H23N3O/c1-8-7-14(11(2,3)4)9(6-12)10(15)13(8)5/h8-9H,6-7,12H2,1-5H3. The van der Waals surface area contributed by atoms with Crippen molar-refractivity contribution in [2.45, 2.75) is 45.3 Å². The summed E-state index contributed by atoms with van der Waals surface area (Å²) in [6.45, 7) is 9.74. The van der Waals surface area contributed by atoms with Gasteiger partial charge in [0.15, 0.2) is 0 Å². The maximum Gasteiger partial charge on any atom is 0.241 e. The Labute approximate surface area is 92.4 Å². The first-order chi connectivity index (χ1) is 6.79. The van der Waals surface area contributed by atoms with Crippen molar-refractivity contribution in [3.63, 3.8) is 0 Å². The van der Waals surface area contributed by atoms with Crippen LogP contribution >= 0.6 is 0 Å². The van der Waals surface area contributed by atoms with E-state index in [1.807, 2.05) is 7.05 Å². The lowest BCUT2D eigenvalue weighted by Gasteiger charge is -2.48. The van der Waals surface area contributed by atoms with Crippen LogP contribution in [0.25, 0.3) is 0 Å². The predicted molar refractivity (Wildman–Crippen MR) is 61.5 cm³/mol. The van der Waals surface area contributed by atoms with Gasteiger partial charge in [0, 0.05) is 31.7 Å². The van der Waals surface area contributed by atoms with Gasteiger partial charge in [0.2, 0.25) is 5.91 Å². The number of hydrogen-bond donors (Lipinski definition) is 1. The highest BCUT2D eigenvalue weighted by Crippen LogP contribution is 2.23. The number of carbonyl (C=O) groups is 1. The Hall–Kier alpha value is -0.610. The SMILES string of the molecule is CC1CN(C(C)(C)C)C(CN)C(=O)N1C. The first kappa shape index (κ1) is 12.5. The van der Waals surface area contributed by atoms with Crippen molar-refractivity contribution in [3.05, 3.63) is 0 Å². The van der Waals surface area contributed by atoms with E-state index in [-0.39, 0.29) is 23.5 Å². The lowest BCUT2D eigenvalue weighted by Crippen LogP contribution is -2.66. The van der Waals surface area contributed by atoms with Gasteiger partial charge in [-0.3, -0.25) is 9.69 Å². The van der Waals surface area contributed by atoms with Gasteiger partial charge in [0.1, 0.15) is 6.04 Å². The Bertz CT molecular complexity index is 247. The van der Waals surface area contributed by atoms with E-state index >= 15 is 0 Å². The smallest absolute Gasteiger partial charge is 0.241 e. The van der Waals surface area contributed by atoms with Gasteiger partial charge in [-0.2, -0.15) is 0 Å². The van der Waals surface area contributed by atoms with Gasteiger partial charge in [-0.05, 0) is 27.7 Å². The summed E-state index contributed by atoms with van der Waals surface area (Å²) in [7, 11) is 1.86. The minimum Gasteiger partial charge on any atom is -0.340 e. The highest BCUT2D eigenvalue weighted by molar-refractivity contribution is 5.83. The van der Waals surface area contributed by atoms with E-state index in [0.717, 1.165) is 6.54 Å². The highest BCUT2D eigenvalue weighted by atomic mass is 16.2. The van der Waals surface area contributed by atoms with Crippen LogP contribution in [0.1, 0.15) is 27.7 Å². The van der Waals surface area contributed by atoms with Gasteiger partial charge in [-0.1, -0.05) is 0 Å². The molecular formula is C11H23N3O. The maximum absolute atomic E-state index is 12.0. The van der Waals surface area contributed by atoms with E-state index < -0.39 is 0 Å². The molecule has 0 radical (unpaired) electrons. The van der Waals surface area contributed by atoms with Crippen LogP contribution in [0.5, 0.6) is 0 Å². The molecule has 0 aromatic heterocycles. The zero-order valence-electron chi connectivity index (χ0n) is 10.4. The van der Waals surface area contributed by atoms with Gasteiger partial charge in [-0.15, -0.1) is 0 Å². The van der Waals surface area contributed by atoms with E-state index in [2.05, 4.69) is 32.6 Å². The highest BCUT2D eigenvalue weighted by Gasteiger charge is 2.40. The second kappa shape index (κ2) is 4.10. The number of carbonyl (C=O) groups excluding carboxylic acids is 1. The molecule has 88 valence electrons. The third kappa shape index (κ3) is 2.32. The molecule has 1 amide bonds. The molecule has 0 bridgehead atoms. The quantitative estimate of drug-likeness (QED) is 0.680. The lowest BCUT2D eigenvalue weighted by molar-refractivity contribution is -0.147. The van der Waals surface area contributed by atoms with E-state index in [0.29, 0.717) is 6.54 Å². The summed E-state index contributed by atoms with van der Waals surface area (Å²) < 4.78 is 0. The van der Waals surface area contributed by atoms with Crippen molar-refractivity contribution < 1.29 is 4.79 Å². The van der Waals surface area contributed by atoms with Gasteiger partial charge < -0.3 is 10.6 Å². The molecular weight excluding hydrogens is 190 g/mol. The minimum atomic E-state index is -0.161. The largest absolute Gasteiger partial charge is 0.340 e. The lowest BCUT2D eigenvalue weighted by atomic mass is 9.97. The Morgan fingerprint density at radius 3 is 2.40 bits per heavy atom. The van der Waals surface area contributed by atoms with Gasteiger partial charge in [-0.25, -0.2) is 0 Å². The Morgan fingerprint density at radius 2 is 2.00 bits per heavy atom. The number of hydrogen-bond acceptors (Lipinski definition) is 3. The number of amides is 1. The van der Waals surface area contributed by atoms with Crippen LogP contribution in [-0.2, 0) is 4.79 Å². The average molecular weight is 213 g/mol. The number of piperazine rings is 1. The second-order valence-electron chi connectivity index (χ2n) is 5.37. The molecule has 2 atom stereocenters. The molecule has 0 aromatic rings. The molecule has 1 saturated heterocycles. The van der Waals surface area contributed by atoms with Crippen LogP contribution in [0.3, 0.4) is 0 Å². The number of likely N-dealkylation sites (N-methyl/N-ethyl adjacent to an activating group) is 1. The van der Waals surface area contributed by atoms with Crippen molar-refractivity contribution in [2.75, 3.05) is 20.1 Å². The fourth-order valence-corrected chi connectivity index (χ4v) is 2.09. The fourth-order valence-electron chi connectivity index (χ4n) is 2.09. The van der Waals surface area contributed by atoms with Crippen LogP contribution in [-0.4, -0.2) is 53.5 Å². The Morgan fingerprint density at radius 1 is 1.47 bits per heavy atom. The molecule has 1 aliphatic heterocycles. The van der Waals surface area contributed by atoms with Crippen LogP contribution in [0.15, 0.2) is 0 Å². The van der Waals surface area contributed by atoms with Gasteiger partial charge >= 0.3 is 0 Å². The van der Waals surface area contributed by atoms with E-state index in [4.69, 9.17) is 5.73 Å². The predicted octanol–water partition coefficient (Wildman–Crippen LogP) is 0.275. The van der Waals surface area contributed by atoms with Gasteiger partial charge in [0.25, 0.3) is 0 Å². The first-order valence-electron chi connectivity index (χ1n) is 5.52. The van der Waals surface area contributed by atoms with Crippen LogP contribution in [0.2, 0.25) is 0 Å². The second-order valence-corrected chi connectivity index (χ2v) is 5.37. The number of rotatable bonds is 1. The summed E-state index contributed by atoms with van der Waals surface area (Å²) in [6.07, 6.45) is 0. The minimum absolute atomic E-state index is 0.00475. The Kier molecular flexibility index (Phi) is 3.41. The van der Waals surface area contributed by atoms with E-state index in [1.165, 1.54) is 0 Å². The number of nitrogens with two attached hydrogens (primary N) is 1. The summed E-state index contributed by atoms with van der Waals surface area (Å²) in [5.41, 5.74) is 5.69. The van der Waals surface area contributed by atoms with Crippen molar-refractivity contribution in [1.29, 1.82) is 0 Å². The summed E-state index contributed by atoms with van der Waals surface area (Å²) in [5.74, 6) is 0.145. The summed E-state index contributed by atoms with van der Waals surface area (Å²) in [5, 5.41) is 0. The molecule has 2 unspecified atom stereocenters. The monoisotopic (exact) mass is 213 g/mol. The number of nitrogens with zero attached hydrogens (tertiary/aromatic N) is 2. The van der Waals surface area contributed by atoms with Crippen molar-refractivity contribution >= 4 is 5.91 Å². The van der Waals surface area contributed by atoms with Gasteiger partial charge in [0.05, 0.1) is 0 Å². The molecule has 15 heavy (non-hydrogen) atoms. The third-order valence-corrected chi connectivity index (χ3v) is 3.22. The molecule has 1 rings (SSSR count). The molecule has 4 nitrogen and oxygen atoms in total. The molecule has 1 aliphatic rings. The van der Waals surface area contributed by atoms with E-state index in [9.17, 15) is 4.79 Å². The van der Waals surface area contributed by atoms with Crippen molar-refractivity contribution in [2.24, 2.45) is 5.73 Å². The molecule has 4 heteroatoms. The Balaban J connectivity index is 2.93. The molecule has 0 aromatic carbocycles. The van der Waals surface area contributed by atoms with Crippen molar-refractivity contribution in [3.8, 4) is 0 Å². The summed E-state index contributed by atoms with van der Waals surface area (Å²) in [6, 6.07) is 0.103. The van der Waals surface area contributed by atoms with E-state index in [1.54, 1.807) is 4.90 Å². The normalized spacial score (nSPS) is 29.7. The molecule has 1 heterocycles. The zero-order valence-corrected chi connectivity index (χ0v) is 10.4. The van der Waals surface area contributed by atoms with Crippen LogP contribution in [0, 0.1) is 0 Å². The molecule has 1 fully saturated rings. The topological polar surface area (TPSA) is 49.6 Å². The molecule has 2 N–H and O–H groups in total. The van der Waals surface area contributed by atoms with Crippen LogP contribution < -0.4 is 5.73 Å². The third-order valence-electron chi connectivity index (χ3n) is 3.22. The molecule has 0 saturated carbocycles. The molecule has 0 spiro atoms. The van der Waals surface area contributed by atoms with Crippen molar-refractivity contribution in [1.82, 2.24) is 9.80 Å². The first-order valence-corrected chi connectivity index (χ1v) is 5.52. The average Bonchev–Trinajstić information content (AvgIpc) is 2.12. The van der Waals surface area contributed by atoms with Crippen LogP contribution in [0.4, 0.5) is 0 Å².